The van der Waals surface area contributed by atoms with Crippen molar-refractivity contribution in [3.05, 3.63) is 53.7 Å². The summed E-state index contributed by atoms with van der Waals surface area (Å²) in [5.74, 6) is 0.889. The zero-order valence-electron chi connectivity index (χ0n) is 13.2. The molecule has 4 nitrogen and oxygen atoms in total. The van der Waals surface area contributed by atoms with Crippen molar-refractivity contribution in [1.82, 2.24) is 15.1 Å². The van der Waals surface area contributed by atoms with Crippen LogP contribution in [0.3, 0.4) is 0 Å². The van der Waals surface area contributed by atoms with Crippen molar-refractivity contribution >= 4 is 5.82 Å². The summed E-state index contributed by atoms with van der Waals surface area (Å²) in [7, 11) is 0. The fourth-order valence-corrected chi connectivity index (χ4v) is 2.99. The summed E-state index contributed by atoms with van der Waals surface area (Å²) in [4.78, 5) is 2.55. The van der Waals surface area contributed by atoms with Gasteiger partial charge in [0.25, 0.3) is 0 Å². The molecule has 0 spiro atoms. The molecule has 116 valence electrons. The Bertz CT molecular complexity index is 567. The molecular weight excluding hydrogens is 272 g/mol. The van der Waals surface area contributed by atoms with Crippen molar-refractivity contribution in [2.24, 2.45) is 0 Å². The zero-order valence-corrected chi connectivity index (χ0v) is 13.2. The van der Waals surface area contributed by atoms with E-state index < -0.39 is 0 Å². The molecule has 1 N–H and O–H groups in total. The normalized spacial score (nSPS) is 19.0. The van der Waals surface area contributed by atoms with Gasteiger partial charge in [0.2, 0.25) is 0 Å². The summed E-state index contributed by atoms with van der Waals surface area (Å²) in [5, 5.41) is 11.8. The molecular formula is C18H24N4. The molecule has 0 radical (unpaired) electrons. The van der Waals surface area contributed by atoms with Crippen LogP contribution < -0.4 is 5.32 Å². The summed E-state index contributed by atoms with van der Waals surface area (Å²) < 4.78 is 0. The van der Waals surface area contributed by atoms with Crippen LogP contribution in [0.2, 0.25) is 0 Å². The first kappa shape index (κ1) is 15.0. The summed E-state index contributed by atoms with van der Waals surface area (Å²) in [6.07, 6.45) is 3.57. The number of nitrogens with one attached hydrogen (secondary N) is 1. The van der Waals surface area contributed by atoms with Gasteiger partial charge in [0.15, 0.2) is 0 Å². The second-order valence-electron chi connectivity index (χ2n) is 6.08. The predicted molar refractivity (Wildman–Crippen MR) is 90.0 cm³/mol. The molecule has 0 bridgehead atoms. The second-order valence-corrected chi connectivity index (χ2v) is 6.08. The lowest BCUT2D eigenvalue weighted by Crippen LogP contribution is -2.43. The average molecular weight is 296 g/mol. The van der Waals surface area contributed by atoms with Gasteiger partial charge < -0.3 is 10.2 Å². The van der Waals surface area contributed by atoms with E-state index in [9.17, 15) is 0 Å². The SMILES string of the molecule is Cc1ccc(N[C@H]2CCCN(CCc3ccccc3)C2)nn1. The summed E-state index contributed by atoms with van der Waals surface area (Å²) in [5.41, 5.74) is 2.38. The molecule has 0 aliphatic carbocycles. The Morgan fingerprint density at radius 1 is 1.14 bits per heavy atom. The minimum absolute atomic E-state index is 0.474. The van der Waals surface area contributed by atoms with E-state index in [4.69, 9.17) is 0 Å². The Hall–Kier alpha value is -1.94. The van der Waals surface area contributed by atoms with Gasteiger partial charge in [-0.2, -0.15) is 5.10 Å². The third-order valence-electron chi connectivity index (χ3n) is 4.21. The maximum atomic E-state index is 4.21. The molecule has 1 aliphatic heterocycles. The summed E-state index contributed by atoms with van der Waals surface area (Å²) in [6, 6.07) is 15.2. The van der Waals surface area contributed by atoms with Crippen LogP contribution in [-0.2, 0) is 6.42 Å². The molecule has 1 fully saturated rings. The highest BCUT2D eigenvalue weighted by atomic mass is 15.2. The standard InChI is InChI=1S/C18H24N4/c1-15-9-10-18(21-20-15)19-17-8-5-12-22(14-17)13-11-16-6-3-2-4-7-16/h2-4,6-7,9-10,17H,5,8,11-14H2,1H3,(H,19,21)/t17-/m0/s1. The smallest absolute Gasteiger partial charge is 0.148 e. The largest absolute Gasteiger partial charge is 0.365 e. The van der Waals surface area contributed by atoms with Crippen molar-refractivity contribution in [1.29, 1.82) is 0 Å². The molecule has 3 rings (SSSR count). The first-order valence-corrected chi connectivity index (χ1v) is 8.13. The Morgan fingerprint density at radius 3 is 2.77 bits per heavy atom. The van der Waals surface area contributed by atoms with Gasteiger partial charge in [-0.05, 0) is 50.4 Å². The molecule has 1 aliphatic rings. The maximum Gasteiger partial charge on any atom is 0.148 e. The van der Waals surface area contributed by atoms with Crippen molar-refractivity contribution in [3.8, 4) is 0 Å². The van der Waals surface area contributed by atoms with Crippen molar-refractivity contribution in [3.63, 3.8) is 0 Å². The zero-order chi connectivity index (χ0) is 15.2. The maximum absolute atomic E-state index is 4.21. The summed E-state index contributed by atoms with van der Waals surface area (Å²) >= 11 is 0. The van der Waals surface area contributed by atoms with Crippen LogP contribution in [0.5, 0.6) is 0 Å². The monoisotopic (exact) mass is 296 g/mol. The molecule has 1 aromatic heterocycles. The molecule has 4 heteroatoms. The number of aromatic nitrogens is 2. The van der Waals surface area contributed by atoms with Gasteiger partial charge in [-0.3, -0.25) is 0 Å². The second kappa shape index (κ2) is 7.36. The van der Waals surface area contributed by atoms with Gasteiger partial charge >= 0.3 is 0 Å². The van der Waals surface area contributed by atoms with Crippen LogP contribution in [0.15, 0.2) is 42.5 Å². The number of hydrogen-bond acceptors (Lipinski definition) is 4. The van der Waals surface area contributed by atoms with Crippen LogP contribution in [0.25, 0.3) is 0 Å². The van der Waals surface area contributed by atoms with Crippen molar-refractivity contribution in [2.75, 3.05) is 25.0 Å². The van der Waals surface area contributed by atoms with Gasteiger partial charge in [0.05, 0.1) is 5.69 Å². The van der Waals surface area contributed by atoms with Crippen LogP contribution in [0.4, 0.5) is 5.82 Å². The third-order valence-corrected chi connectivity index (χ3v) is 4.21. The van der Waals surface area contributed by atoms with E-state index in [0.717, 1.165) is 31.0 Å². The van der Waals surface area contributed by atoms with Crippen molar-refractivity contribution < 1.29 is 0 Å². The fraction of sp³-hybridized carbons (Fsp3) is 0.444. The van der Waals surface area contributed by atoms with E-state index >= 15 is 0 Å². The Kier molecular flexibility index (Phi) is 5.01. The summed E-state index contributed by atoms with van der Waals surface area (Å²) in [6.45, 7) is 5.37. The van der Waals surface area contributed by atoms with Crippen LogP contribution in [0.1, 0.15) is 24.1 Å². The van der Waals surface area contributed by atoms with E-state index in [1.807, 2.05) is 19.1 Å². The number of aryl methyl sites for hydroxylation is 1. The lowest BCUT2D eigenvalue weighted by atomic mass is 10.0. The number of rotatable bonds is 5. The van der Waals surface area contributed by atoms with E-state index in [-0.39, 0.29) is 0 Å². The Morgan fingerprint density at radius 2 is 2.00 bits per heavy atom. The highest BCUT2D eigenvalue weighted by Crippen LogP contribution is 2.15. The highest BCUT2D eigenvalue weighted by Gasteiger charge is 2.19. The molecule has 0 amide bonds. The quantitative estimate of drug-likeness (QED) is 0.921. The molecule has 22 heavy (non-hydrogen) atoms. The fourth-order valence-electron chi connectivity index (χ4n) is 2.99. The first-order chi connectivity index (χ1) is 10.8. The molecule has 1 atom stereocenters. The topological polar surface area (TPSA) is 41.0 Å². The molecule has 1 saturated heterocycles. The average Bonchev–Trinajstić information content (AvgIpc) is 2.57. The van der Waals surface area contributed by atoms with Gasteiger partial charge in [-0.15, -0.1) is 5.10 Å². The van der Waals surface area contributed by atoms with E-state index in [0.29, 0.717) is 6.04 Å². The minimum atomic E-state index is 0.474. The van der Waals surface area contributed by atoms with E-state index in [1.54, 1.807) is 0 Å². The number of benzene rings is 1. The van der Waals surface area contributed by atoms with Crippen molar-refractivity contribution in [2.45, 2.75) is 32.2 Å². The number of hydrogen-bond donors (Lipinski definition) is 1. The lowest BCUT2D eigenvalue weighted by Gasteiger charge is -2.33. The van der Waals surface area contributed by atoms with Gasteiger partial charge in [0, 0.05) is 19.1 Å². The van der Waals surface area contributed by atoms with Gasteiger partial charge in [0.1, 0.15) is 5.82 Å². The lowest BCUT2D eigenvalue weighted by molar-refractivity contribution is 0.218. The van der Waals surface area contributed by atoms with Gasteiger partial charge in [-0.25, -0.2) is 0 Å². The first-order valence-electron chi connectivity index (χ1n) is 8.13. The molecule has 2 heterocycles. The predicted octanol–water partition coefficient (Wildman–Crippen LogP) is 2.90. The molecule has 0 unspecified atom stereocenters. The number of nitrogens with zero attached hydrogens (tertiary/aromatic N) is 3. The Balaban J connectivity index is 1.49. The van der Waals surface area contributed by atoms with E-state index in [1.165, 1.54) is 24.9 Å². The molecule has 0 saturated carbocycles. The number of likely N-dealkylation sites (tertiary alicyclic amines) is 1. The van der Waals surface area contributed by atoms with E-state index in [2.05, 4.69) is 50.7 Å². The van der Waals surface area contributed by atoms with Crippen LogP contribution in [-0.4, -0.2) is 40.8 Å². The molecule has 2 aromatic rings. The van der Waals surface area contributed by atoms with Crippen LogP contribution >= 0.6 is 0 Å². The molecule has 1 aromatic carbocycles. The highest BCUT2D eigenvalue weighted by molar-refractivity contribution is 5.34. The number of anilines is 1. The van der Waals surface area contributed by atoms with Crippen LogP contribution in [0, 0.1) is 6.92 Å². The Labute approximate surface area is 132 Å². The van der Waals surface area contributed by atoms with Gasteiger partial charge in [-0.1, -0.05) is 30.3 Å². The minimum Gasteiger partial charge on any atom is -0.365 e. The number of piperidine rings is 1. The third kappa shape index (κ3) is 4.28.